The second kappa shape index (κ2) is 14.3. The van der Waals surface area contributed by atoms with E-state index in [2.05, 4.69) is 47.4 Å². The molecule has 13 heteroatoms. The number of hydrogen-bond acceptors (Lipinski definition) is 7. The van der Waals surface area contributed by atoms with Crippen LogP contribution in [0.1, 0.15) is 48.0 Å². The number of ketones is 1. The molecule has 3 aliphatic heterocycles. The SMILES string of the molecule is CN1CCC(OC(=O)NC(CC(=O)c2cc(Br)c(N)c(Br)c2)C(=O)N2CCC(N3CCc4ccccc4NC3=O)CC2)CC1. The second-order valence-corrected chi connectivity index (χ2v) is 13.4. The van der Waals surface area contributed by atoms with Gasteiger partial charge in [0.25, 0.3) is 0 Å². The standard InChI is InChI=1S/C31H38Br2N6O5/c1-37-11-9-22(10-12-37)44-31(43)36-26(18-27(40)20-16-23(32)28(34)24(33)17-20)29(41)38-13-7-21(8-14-38)39-15-6-19-4-2-3-5-25(19)35-30(39)42/h2-5,16-17,21-22,26H,6-15,18,34H2,1H3,(H,35,42)(H,36,43). The number of fused-ring (bicyclic) bond motifs is 1. The Morgan fingerprint density at radius 2 is 1.68 bits per heavy atom. The number of urea groups is 1. The first-order valence-corrected chi connectivity index (χ1v) is 16.6. The molecule has 2 fully saturated rings. The van der Waals surface area contributed by atoms with E-state index in [0.29, 0.717) is 65.5 Å². The van der Waals surface area contributed by atoms with Gasteiger partial charge in [-0.3, -0.25) is 9.59 Å². The Kier molecular flexibility index (Phi) is 10.5. The molecule has 2 aromatic rings. The van der Waals surface area contributed by atoms with Crippen molar-refractivity contribution in [3.05, 3.63) is 56.5 Å². The third-order valence-corrected chi connectivity index (χ3v) is 9.99. The molecule has 0 bridgehead atoms. The fraction of sp³-hybridized carbons (Fsp3) is 0.484. The molecule has 4 amide bonds. The summed E-state index contributed by atoms with van der Waals surface area (Å²) in [6.45, 7) is 3.02. The van der Waals surface area contributed by atoms with E-state index >= 15 is 0 Å². The van der Waals surface area contributed by atoms with Gasteiger partial charge in [0.2, 0.25) is 5.91 Å². The second-order valence-electron chi connectivity index (χ2n) is 11.7. The molecule has 2 aromatic carbocycles. The number of nitrogens with one attached hydrogen (secondary N) is 2. The molecule has 1 atom stereocenters. The summed E-state index contributed by atoms with van der Waals surface area (Å²) in [7, 11) is 2.02. The molecule has 44 heavy (non-hydrogen) atoms. The predicted molar refractivity (Wildman–Crippen MR) is 175 cm³/mol. The normalized spacial score (nSPS) is 19.0. The highest BCUT2D eigenvalue weighted by molar-refractivity contribution is 9.11. The Hall–Kier alpha value is -3.16. The number of nitrogens with zero attached hydrogens (tertiary/aromatic N) is 3. The number of ether oxygens (including phenoxy) is 1. The number of benzene rings is 2. The van der Waals surface area contributed by atoms with Gasteiger partial charge in [-0.2, -0.15) is 0 Å². The highest BCUT2D eigenvalue weighted by Crippen LogP contribution is 2.30. The summed E-state index contributed by atoms with van der Waals surface area (Å²) in [5.41, 5.74) is 8.74. The average molecular weight is 734 g/mol. The van der Waals surface area contributed by atoms with Crippen molar-refractivity contribution in [2.45, 2.75) is 56.7 Å². The Morgan fingerprint density at radius 1 is 1.02 bits per heavy atom. The molecule has 2 saturated heterocycles. The van der Waals surface area contributed by atoms with Crippen LogP contribution >= 0.6 is 31.9 Å². The summed E-state index contributed by atoms with van der Waals surface area (Å²) in [5.74, 6) is -0.668. The van der Waals surface area contributed by atoms with Crippen molar-refractivity contribution in [2.75, 3.05) is 50.8 Å². The molecule has 3 heterocycles. The minimum atomic E-state index is -1.11. The summed E-state index contributed by atoms with van der Waals surface area (Å²) in [6, 6.07) is 9.75. The Balaban J connectivity index is 1.24. The molecule has 11 nitrogen and oxygen atoms in total. The van der Waals surface area contributed by atoms with Crippen LogP contribution in [0.4, 0.5) is 21.0 Å². The number of para-hydroxylation sites is 1. The van der Waals surface area contributed by atoms with Gasteiger partial charge in [-0.1, -0.05) is 18.2 Å². The van der Waals surface area contributed by atoms with Gasteiger partial charge in [-0.15, -0.1) is 0 Å². The fourth-order valence-electron chi connectivity index (χ4n) is 6.04. The van der Waals surface area contributed by atoms with Gasteiger partial charge in [-0.05, 0) is 94.8 Å². The molecular formula is C31H38Br2N6O5. The third kappa shape index (κ3) is 7.73. The van der Waals surface area contributed by atoms with Gasteiger partial charge in [-0.25, -0.2) is 9.59 Å². The van der Waals surface area contributed by atoms with Crippen LogP contribution in [0, 0.1) is 0 Å². The minimum Gasteiger partial charge on any atom is -0.446 e. The van der Waals surface area contributed by atoms with Gasteiger partial charge < -0.3 is 35.8 Å². The largest absolute Gasteiger partial charge is 0.446 e. The van der Waals surface area contributed by atoms with Crippen molar-refractivity contribution in [2.24, 2.45) is 0 Å². The molecule has 0 aromatic heterocycles. The van der Waals surface area contributed by atoms with E-state index in [1.807, 2.05) is 36.2 Å². The first kappa shape index (κ1) is 32.2. The van der Waals surface area contributed by atoms with Gasteiger partial charge in [0.05, 0.1) is 5.69 Å². The summed E-state index contributed by atoms with van der Waals surface area (Å²) < 4.78 is 6.76. The summed E-state index contributed by atoms with van der Waals surface area (Å²) in [5, 5.41) is 5.72. The van der Waals surface area contributed by atoms with Crippen molar-refractivity contribution in [3.63, 3.8) is 0 Å². The Bertz CT molecular complexity index is 1380. The van der Waals surface area contributed by atoms with E-state index in [9.17, 15) is 19.2 Å². The maximum atomic E-state index is 13.8. The molecular weight excluding hydrogens is 696 g/mol. The number of carbonyl (C=O) groups is 4. The predicted octanol–water partition coefficient (Wildman–Crippen LogP) is 4.64. The lowest BCUT2D eigenvalue weighted by Gasteiger charge is -2.39. The zero-order valence-corrected chi connectivity index (χ0v) is 27.9. The van der Waals surface area contributed by atoms with E-state index in [1.165, 1.54) is 0 Å². The van der Waals surface area contributed by atoms with Crippen LogP contribution in [0.3, 0.4) is 0 Å². The molecule has 1 unspecified atom stereocenters. The monoisotopic (exact) mass is 732 g/mol. The van der Waals surface area contributed by atoms with Crippen molar-refractivity contribution < 1.29 is 23.9 Å². The molecule has 5 rings (SSSR count). The number of amides is 4. The van der Waals surface area contributed by atoms with Gasteiger partial charge in [0.15, 0.2) is 5.78 Å². The Morgan fingerprint density at radius 3 is 2.36 bits per heavy atom. The lowest BCUT2D eigenvalue weighted by molar-refractivity contribution is -0.134. The number of carbonyl (C=O) groups excluding carboxylic acids is 4. The van der Waals surface area contributed by atoms with Crippen molar-refractivity contribution in [1.82, 2.24) is 20.0 Å². The molecule has 0 aliphatic carbocycles. The zero-order chi connectivity index (χ0) is 31.4. The third-order valence-electron chi connectivity index (χ3n) is 8.68. The van der Waals surface area contributed by atoms with E-state index in [-0.39, 0.29) is 36.3 Å². The van der Waals surface area contributed by atoms with Crippen molar-refractivity contribution >= 4 is 67.0 Å². The van der Waals surface area contributed by atoms with Crippen molar-refractivity contribution in [1.29, 1.82) is 0 Å². The number of nitrogen functional groups attached to an aromatic ring is 1. The van der Waals surface area contributed by atoms with E-state index in [0.717, 1.165) is 30.8 Å². The molecule has 3 aliphatic rings. The first-order chi connectivity index (χ1) is 21.1. The van der Waals surface area contributed by atoms with Crippen LogP contribution in [0.25, 0.3) is 0 Å². The van der Waals surface area contributed by atoms with Gasteiger partial charge in [0.1, 0.15) is 12.1 Å². The maximum absolute atomic E-state index is 13.8. The number of hydrogen-bond donors (Lipinski definition) is 3. The quantitative estimate of drug-likeness (QED) is 0.279. The minimum absolute atomic E-state index is 0.0275. The van der Waals surface area contributed by atoms with E-state index < -0.39 is 12.1 Å². The van der Waals surface area contributed by atoms with Crippen LogP contribution < -0.4 is 16.4 Å². The summed E-state index contributed by atoms with van der Waals surface area (Å²) in [6.07, 6.45) is 2.15. The van der Waals surface area contributed by atoms with Crippen LogP contribution in [-0.2, 0) is 16.0 Å². The first-order valence-electron chi connectivity index (χ1n) is 15.0. The number of Topliss-reactive ketones (excluding diaryl/α,β-unsaturated/α-hetero) is 1. The highest BCUT2D eigenvalue weighted by atomic mass is 79.9. The summed E-state index contributed by atoms with van der Waals surface area (Å²) >= 11 is 6.74. The van der Waals surface area contributed by atoms with E-state index in [4.69, 9.17) is 10.5 Å². The van der Waals surface area contributed by atoms with E-state index in [1.54, 1.807) is 17.0 Å². The number of rotatable bonds is 7. The maximum Gasteiger partial charge on any atom is 0.408 e. The van der Waals surface area contributed by atoms with Crippen molar-refractivity contribution in [3.8, 4) is 0 Å². The van der Waals surface area contributed by atoms with Gasteiger partial charge >= 0.3 is 12.1 Å². The highest BCUT2D eigenvalue weighted by Gasteiger charge is 2.35. The number of anilines is 2. The van der Waals surface area contributed by atoms with Crippen LogP contribution in [0.15, 0.2) is 45.3 Å². The molecule has 236 valence electrons. The average Bonchev–Trinajstić information content (AvgIpc) is 3.18. The number of likely N-dealkylation sites (tertiary alicyclic amines) is 2. The topological polar surface area (TPSA) is 137 Å². The molecule has 0 radical (unpaired) electrons. The number of piperidine rings is 2. The lowest BCUT2D eigenvalue weighted by Crippen LogP contribution is -2.55. The van der Waals surface area contributed by atoms with Crippen LogP contribution in [0.2, 0.25) is 0 Å². The lowest BCUT2D eigenvalue weighted by atomic mass is 9.99. The fourth-order valence-corrected chi connectivity index (χ4v) is 7.22. The zero-order valence-electron chi connectivity index (χ0n) is 24.7. The smallest absolute Gasteiger partial charge is 0.408 e. The summed E-state index contributed by atoms with van der Waals surface area (Å²) in [4.78, 5) is 58.9. The number of nitrogens with two attached hydrogens (primary N) is 1. The molecule has 4 N–H and O–H groups in total. The number of halogens is 2. The molecule has 0 spiro atoms. The molecule has 0 saturated carbocycles. The number of alkyl carbamates (subject to hydrolysis) is 1. The van der Waals surface area contributed by atoms with Crippen LogP contribution in [-0.4, -0.2) is 96.5 Å². The van der Waals surface area contributed by atoms with Crippen LogP contribution in [0.5, 0.6) is 0 Å². The van der Waals surface area contributed by atoms with Gasteiger partial charge in [0, 0.05) is 65.4 Å². The Labute approximate surface area is 274 Å².